The summed E-state index contributed by atoms with van der Waals surface area (Å²) in [6, 6.07) is 4.27. The van der Waals surface area contributed by atoms with Crippen molar-refractivity contribution in [2.75, 3.05) is 0 Å². The molecule has 3 heteroatoms. The highest BCUT2D eigenvalue weighted by atomic mass is 16.3. The number of phenols is 2. The van der Waals surface area contributed by atoms with E-state index in [1.807, 2.05) is 0 Å². The van der Waals surface area contributed by atoms with E-state index in [1.165, 1.54) is 12.1 Å². The first-order valence-corrected chi connectivity index (χ1v) is 3.24. The van der Waals surface area contributed by atoms with E-state index in [0.29, 0.717) is 5.69 Å². The van der Waals surface area contributed by atoms with E-state index in [1.54, 1.807) is 19.2 Å². The van der Waals surface area contributed by atoms with Crippen molar-refractivity contribution in [2.24, 2.45) is 4.99 Å². The second kappa shape index (κ2) is 3.05. The summed E-state index contributed by atoms with van der Waals surface area (Å²) in [5.74, 6) is 0.0284. The lowest BCUT2D eigenvalue weighted by molar-refractivity contribution is 0.451. The van der Waals surface area contributed by atoms with Crippen LogP contribution >= 0.6 is 0 Å². The van der Waals surface area contributed by atoms with Crippen molar-refractivity contribution < 1.29 is 10.2 Å². The summed E-state index contributed by atoms with van der Waals surface area (Å²) in [5.41, 5.74) is 0.463. The van der Waals surface area contributed by atoms with E-state index >= 15 is 0 Å². The molecule has 0 radical (unpaired) electrons. The number of aromatic hydroxyl groups is 2. The van der Waals surface area contributed by atoms with Crippen molar-refractivity contribution >= 4 is 11.9 Å². The molecule has 0 bridgehead atoms. The molecule has 0 unspecified atom stereocenters. The Hall–Kier alpha value is -1.51. The van der Waals surface area contributed by atoms with Crippen molar-refractivity contribution in [1.82, 2.24) is 0 Å². The second-order valence-corrected chi connectivity index (χ2v) is 2.06. The third kappa shape index (κ3) is 1.70. The monoisotopic (exact) mass is 151 g/mol. The topological polar surface area (TPSA) is 52.8 Å². The van der Waals surface area contributed by atoms with Crippen LogP contribution in [-0.4, -0.2) is 16.4 Å². The normalized spacial score (nSPS) is 10.6. The van der Waals surface area contributed by atoms with E-state index in [0.717, 1.165) is 0 Å². The van der Waals surface area contributed by atoms with E-state index in [2.05, 4.69) is 4.99 Å². The summed E-state index contributed by atoms with van der Waals surface area (Å²) in [6.45, 7) is 1.76. The van der Waals surface area contributed by atoms with Gasteiger partial charge in [-0.15, -0.1) is 0 Å². The minimum absolute atomic E-state index is 0.0110. The fourth-order valence-corrected chi connectivity index (χ4v) is 0.760. The first kappa shape index (κ1) is 7.60. The van der Waals surface area contributed by atoms with Crippen molar-refractivity contribution in [3.05, 3.63) is 18.2 Å². The maximum Gasteiger partial charge on any atom is 0.144 e. The summed E-state index contributed by atoms with van der Waals surface area (Å²) in [4.78, 5) is 3.86. The van der Waals surface area contributed by atoms with Crippen LogP contribution < -0.4 is 0 Å². The van der Waals surface area contributed by atoms with E-state index in [9.17, 15) is 0 Å². The van der Waals surface area contributed by atoms with Crippen LogP contribution in [0.2, 0.25) is 0 Å². The summed E-state index contributed by atoms with van der Waals surface area (Å²) < 4.78 is 0. The lowest BCUT2D eigenvalue weighted by Gasteiger charge is -1.97. The van der Waals surface area contributed by atoms with Crippen LogP contribution in [0.1, 0.15) is 6.92 Å². The van der Waals surface area contributed by atoms with Crippen LogP contribution in [0.5, 0.6) is 11.5 Å². The van der Waals surface area contributed by atoms with Crippen LogP contribution in [0, 0.1) is 0 Å². The number of benzene rings is 1. The summed E-state index contributed by atoms with van der Waals surface area (Å²) >= 11 is 0. The molecule has 0 fully saturated rings. The van der Waals surface area contributed by atoms with Crippen molar-refractivity contribution in [2.45, 2.75) is 6.92 Å². The molecule has 1 aromatic carbocycles. The highest BCUT2D eigenvalue weighted by Crippen LogP contribution is 2.29. The largest absolute Gasteiger partial charge is 0.508 e. The predicted molar refractivity (Wildman–Crippen MR) is 43.6 cm³/mol. The molecule has 2 N–H and O–H groups in total. The standard InChI is InChI=1S/C8H9NO2/c1-2-9-7-4-3-6(10)5-8(7)11/h2-5,10-11H,1H3. The van der Waals surface area contributed by atoms with Gasteiger partial charge in [-0.1, -0.05) is 0 Å². The highest BCUT2D eigenvalue weighted by molar-refractivity contribution is 5.64. The maximum atomic E-state index is 9.15. The minimum atomic E-state index is -0.0110. The first-order chi connectivity index (χ1) is 5.24. The molecule has 1 rings (SSSR count). The van der Waals surface area contributed by atoms with Crippen LogP contribution in [0.15, 0.2) is 23.2 Å². The van der Waals surface area contributed by atoms with Gasteiger partial charge in [0.05, 0.1) is 0 Å². The predicted octanol–water partition coefficient (Wildman–Crippen LogP) is 1.82. The molecule has 0 atom stereocenters. The zero-order chi connectivity index (χ0) is 8.27. The van der Waals surface area contributed by atoms with E-state index in [4.69, 9.17) is 10.2 Å². The molecule has 3 nitrogen and oxygen atoms in total. The lowest BCUT2D eigenvalue weighted by Crippen LogP contribution is -1.69. The summed E-state index contributed by atoms with van der Waals surface area (Å²) in [7, 11) is 0. The van der Waals surface area contributed by atoms with Crippen LogP contribution in [0.3, 0.4) is 0 Å². The zero-order valence-corrected chi connectivity index (χ0v) is 6.15. The Kier molecular flexibility index (Phi) is 2.11. The van der Waals surface area contributed by atoms with Crippen LogP contribution in [-0.2, 0) is 0 Å². The number of phenolic OH excluding ortho intramolecular Hbond substituents is 2. The van der Waals surface area contributed by atoms with Gasteiger partial charge in [-0.3, -0.25) is 4.99 Å². The highest BCUT2D eigenvalue weighted by Gasteiger charge is 1.97. The van der Waals surface area contributed by atoms with Gasteiger partial charge < -0.3 is 10.2 Å². The molecule has 0 amide bonds. The number of hydrogen-bond donors (Lipinski definition) is 2. The Morgan fingerprint density at radius 1 is 1.36 bits per heavy atom. The average molecular weight is 151 g/mol. The maximum absolute atomic E-state index is 9.15. The molecule has 0 aliphatic rings. The minimum Gasteiger partial charge on any atom is -0.508 e. The fourth-order valence-electron chi connectivity index (χ4n) is 0.760. The van der Waals surface area contributed by atoms with Crippen molar-refractivity contribution in [3.63, 3.8) is 0 Å². The molecule has 58 valence electrons. The Bertz CT molecular complexity index is 281. The van der Waals surface area contributed by atoms with Crippen LogP contribution in [0.25, 0.3) is 0 Å². The third-order valence-corrected chi connectivity index (χ3v) is 1.23. The van der Waals surface area contributed by atoms with Gasteiger partial charge in [0.2, 0.25) is 0 Å². The molecule has 0 spiro atoms. The van der Waals surface area contributed by atoms with Gasteiger partial charge >= 0.3 is 0 Å². The van der Waals surface area contributed by atoms with E-state index in [-0.39, 0.29) is 11.5 Å². The Morgan fingerprint density at radius 3 is 2.64 bits per heavy atom. The SMILES string of the molecule is CC=Nc1ccc(O)cc1O. The van der Waals surface area contributed by atoms with Gasteiger partial charge in [0.1, 0.15) is 17.2 Å². The first-order valence-electron chi connectivity index (χ1n) is 3.24. The Morgan fingerprint density at radius 2 is 2.09 bits per heavy atom. The number of aliphatic imine (C=N–C) groups is 1. The van der Waals surface area contributed by atoms with Gasteiger partial charge in [-0.2, -0.15) is 0 Å². The van der Waals surface area contributed by atoms with Gasteiger partial charge in [0, 0.05) is 12.3 Å². The number of rotatable bonds is 1. The van der Waals surface area contributed by atoms with Gasteiger partial charge in [0.15, 0.2) is 0 Å². The van der Waals surface area contributed by atoms with Gasteiger partial charge in [0.25, 0.3) is 0 Å². The average Bonchev–Trinajstić information content (AvgIpc) is 1.95. The molecule has 1 aromatic rings. The molecule has 0 saturated heterocycles. The smallest absolute Gasteiger partial charge is 0.144 e. The van der Waals surface area contributed by atoms with Crippen LogP contribution in [0.4, 0.5) is 5.69 Å². The van der Waals surface area contributed by atoms with E-state index < -0.39 is 0 Å². The second-order valence-electron chi connectivity index (χ2n) is 2.06. The third-order valence-electron chi connectivity index (χ3n) is 1.23. The van der Waals surface area contributed by atoms with Gasteiger partial charge in [-0.05, 0) is 19.1 Å². The molecule has 0 aromatic heterocycles. The number of hydrogen-bond acceptors (Lipinski definition) is 3. The summed E-state index contributed by atoms with van der Waals surface area (Å²) in [5, 5.41) is 18.0. The molecule has 0 saturated carbocycles. The molecular formula is C8H9NO2. The molecule has 0 aliphatic heterocycles. The Labute approximate surface area is 64.6 Å². The van der Waals surface area contributed by atoms with Crippen molar-refractivity contribution in [1.29, 1.82) is 0 Å². The fraction of sp³-hybridized carbons (Fsp3) is 0.125. The van der Waals surface area contributed by atoms with Crippen molar-refractivity contribution in [3.8, 4) is 11.5 Å². The molecular weight excluding hydrogens is 142 g/mol. The molecule has 11 heavy (non-hydrogen) atoms. The molecule has 0 aliphatic carbocycles. The number of nitrogens with zero attached hydrogens (tertiary/aromatic N) is 1. The zero-order valence-electron chi connectivity index (χ0n) is 6.15. The molecule has 0 heterocycles. The van der Waals surface area contributed by atoms with Gasteiger partial charge in [-0.25, -0.2) is 0 Å². The lowest BCUT2D eigenvalue weighted by atomic mass is 10.3. The Balaban J connectivity index is 3.09. The quantitative estimate of drug-likeness (QED) is 0.601. The summed E-state index contributed by atoms with van der Waals surface area (Å²) in [6.07, 6.45) is 1.58.